The van der Waals surface area contributed by atoms with E-state index in [-0.39, 0.29) is 0 Å². The van der Waals surface area contributed by atoms with E-state index in [1.807, 2.05) is 0 Å². The van der Waals surface area contributed by atoms with Crippen molar-refractivity contribution in [2.24, 2.45) is 59.2 Å². The third-order valence-corrected chi connectivity index (χ3v) is 22.7. The van der Waals surface area contributed by atoms with Crippen LogP contribution in [0.4, 0.5) is 0 Å². The molecule has 33 heavy (non-hydrogen) atoms. The van der Waals surface area contributed by atoms with Gasteiger partial charge in [0.05, 0.1) is 0 Å². The van der Waals surface area contributed by atoms with Gasteiger partial charge in [0.25, 0.3) is 0 Å². The Balaban J connectivity index is 1.23. The summed E-state index contributed by atoms with van der Waals surface area (Å²) in [5.74, 6) is 9.80. The topological polar surface area (TPSA) is 18.5 Å². The van der Waals surface area contributed by atoms with Gasteiger partial charge >= 0.3 is 8.56 Å². The minimum absolute atomic E-state index is 0.946. The van der Waals surface area contributed by atoms with Crippen LogP contribution in [0.15, 0.2) is 0 Å². The maximum absolute atomic E-state index is 6.99. The lowest BCUT2D eigenvalue weighted by atomic mass is 9.75. The maximum atomic E-state index is 6.99. The molecule has 4 bridgehead atoms. The second-order valence-electron chi connectivity index (χ2n) is 14.9. The highest BCUT2D eigenvalue weighted by atomic mass is 28.5. The molecule has 0 aliphatic heterocycles. The SMILES string of the molecule is CC1C2CC(CC[Si](C)(C)O[Si](C)(C)O[Si](C)(C)CCC3CC4CC3C(C)C4C)C(C2)C1C. The Kier molecular flexibility index (Phi) is 7.64. The molecule has 0 N–H and O–H groups in total. The Labute approximate surface area is 209 Å². The first kappa shape index (κ1) is 26.6. The Hall–Kier alpha value is 0.571. The normalized spacial score (nSPS) is 43.1. The summed E-state index contributed by atoms with van der Waals surface area (Å²) >= 11 is 0. The fraction of sp³-hybridized carbons (Fsp3) is 1.00. The molecule has 0 heterocycles. The van der Waals surface area contributed by atoms with Gasteiger partial charge in [0.2, 0.25) is 0 Å². The summed E-state index contributed by atoms with van der Waals surface area (Å²) < 4.78 is 14.0. The summed E-state index contributed by atoms with van der Waals surface area (Å²) in [4.78, 5) is 0. The summed E-state index contributed by atoms with van der Waals surface area (Å²) in [5, 5.41) is 0. The molecular formula is C28H56O2Si3. The van der Waals surface area contributed by atoms with Crippen LogP contribution in [-0.4, -0.2) is 25.2 Å². The van der Waals surface area contributed by atoms with Gasteiger partial charge in [0, 0.05) is 0 Å². The van der Waals surface area contributed by atoms with E-state index < -0.39 is 25.2 Å². The summed E-state index contributed by atoms with van der Waals surface area (Å²) in [7, 11) is -5.47. The Morgan fingerprint density at radius 2 is 0.909 bits per heavy atom. The van der Waals surface area contributed by atoms with E-state index in [0.29, 0.717) is 0 Å². The fourth-order valence-corrected chi connectivity index (χ4v) is 23.5. The van der Waals surface area contributed by atoms with Crippen molar-refractivity contribution in [2.75, 3.05) is 0 Å². The van der Waals surface area contributed by atoms with Crippen LogP contribution in [0.25, 0.3) is 0 Å². The molecule has 4 aliphatic carbocycles. The molecule has 10 atom stereocenters. The van der Waals surface area contributed by atoms with Crippen LogP contribution in [0.3, 0.4) is 0 Å². The largest absolute Gasteiger partial charge is 0.437 e. The average molecular weight is 509 g/mol. The lowest BCUT2D eigenvalue weighted by molar-refractivity contribution is 0.184. The van der Waals surface area contributed by atoms with E-state index >= 15 is 0 Å². The monoisotopic (exact) mass is 508 g/mol. The van der Waals surface area contributed by atoms with Crippen LogP contribution < -0.4 is 0 Å². The molecule has 0 radical (unpaired) electrons. The maximum Gasteiger partial charge on any atom is 0.311 e. The van der Waals surface area contributed by atoms with Crippen molar-refractivity contribution in [3.05, 3.63) is 0 Å². The van der Waals surface area contributed by atoms with Crippen LogP contribution in [0.2, 0.25) is 51.4 Å². The molecule has 192 valence electrons. The Morgan fingerprint density at radius 3 is 1.21 bits per heavy atom. The van der Waals surface area contributed by atoms with Crippen LogP contribution in [0.5, 0.6) is 0 Å². The average Bonchev–Trinajstić information content (AvgIpc) is 3.41. The molecule has 4 fully saturated rings. The number of hydrogen-bond acceptors (Lipinski definition) is 2. The zero-order valence-corrected chi connectivity index (χ0v) is 26.7. The molecule has 0 aromatic carbocycles. The van der Waals surface area contributed by atoms with Gasteiger partial charge in [-0.15, -0.1) is 0 Å². The molecule has 0 aromatic rings. The van der Waals surface area contributed by atoms with Gasteiger partial charge in [-0.25, -0.2) is 0 Å². The quantitative estimate of drug-likeness (QED) is 0.274. The molecule has 2 nitrogen and oxygen atoms in total. The van der Waals surface area contributed by atoms with Crippen molar-refractivity contribution in [3.63, 3.8) is 0 Å². The summed E-state index contributed by atoms with van der Waals surface area (Å²) in [6.45, 7) is 24.6. The van der Waals surface area contributed by atoms with Crippen LogP contribution in [-0.2, 0) is 8.23 Å². The van der Waals surface area contributed by atoms with Gasteiger partial charge < -0.3 is 8.23 Å². The van der Waals surface area contributed by atoms with E-state index in [1.165, 1.54) is 50.6 Å². The molecule has 4 rings (SSSR count). The van der Waals surface area contributed by atoms with Crippen LogP contribution >= 0.6 is 0 Å². The predicted molar refractivity (Wildman–Crippen MR) is 150 cm³/mol. The Morgan fingerprint density at radius 1 is 0.545 bits per heavy atom. The minimum atomic E-state index is -2.09. The van der Waals surface area contributed by atoms with E-state index in [2.05, 4.69) is 67.0 Å². The fourth-order valence-electron chi connectivity index (χ4n) is 9.37. The van der Waals surface area contributed by atoms with Crippen LogP contribution in [0, 0.1) is 59.2 Å². The summed E-state index contributed by atoms with van der Waals surface area (Å²) in [5.41, 5.74) is 0. The minimum Gasteiger partial charge on any atom is -0.437 e. The highest BCUT2D eigenvalue weighted by Gasteiger charge is 2.50. The molecule has 0 saturated heterocycles. The zero-order chi connectivity index (χ0) is 24.3. The number of fused-ring (bicyclic) bond motifs is 4. The van der Waals surface area contributed by atoms with Crippen LogP contribution in [0.1, 0.15) is 66.2 Å². The van der Waals surface area contributed by atoms with Gasteiger partial charge in [-0.1, -0.05) is 40.5 Å². The van der Waals surface area contributed by atoms with Gasteiger partial charge in [-0.05, 0) is 136 Å². The van der Waals surface area contributed by atoms with Gasteiger partial charge in [-0.2, -0.15) is 0 Å². The van der Waals surface area contributed by atoms with Crippen molar-refractivity contribution >= 4 is 25.2 Å². The molecular weight excluding hydrogens is 453 g/mol. The van der Waals surface area contributed by atoms with Crippen molar-refractivity contribution in [2.45, 2.75) is 118 Å². The number of hydrogen-bond donors (Lipinski definition) is 0. The molecule has 5 heteroatoms. The van der Waals surface area contributed by atoms with E-state index in [4.69, 9.17) is 8.23 Å². The first-order valence-electron chi connectivity index (χ1n) is 14.6. The van der Waals surface area contributed by atoms with Crippen molar-refractivity contribution < 1.29 is 8.23 Å². The van der Waals surface area contributed by atoms with E-state index in [0.717, 1.165) is 59.2 Å². The predicted octanol–water partition coefficient (Wildman–Crippen LogP) is 8.77. The second-order valence-corrected chi connectivity index (χ2v) is 27.4. The van der Waals surface area contributed by atoms with Gasteiger partial charge in [0.1, 0.15) is 0 Å². The highest BCUT2D eigenvalue weighted by Crippen LogP contribution is 2.57. The van der Waals surface area contributed by atoms with Gasteiger partial charge in [0.15, 0.2) is 16.6 Å². The molecule has 4 saturated carbocycles. The lowest BCUT2D eigenvalue weighted by Crippen LogP contribution is -2.52. The summed E-state index contributed by atoms with van der Waals surface area (Å²) in [6, 6.07) is 2.65. The van der Waals surface area contributed by atoms with Crippen molar-refractivity contribution in [1.29, 1.82) is 0 Å². The second kappa shape index (κ2) is 9.46. The third kappa shape index (κ3) is 5.78. The smallest absolute Gasteiger partial charge is 0.311 e. The lowest BCUT2D eigenvalue weighted by Gasteiger charge is -2.40. The van der Waals surface area contributed by atoms with Crippen molar-refractivity contribution in [1.82, 2.24) is 0 Å². The molecule has 10 unspecified atom stereocenters. The standard InChI is InChI=1S/C28H56O2Si3/c1-19-21(3)27-17-25(19)15-23(27)11-13-31(5,6)29-33(9,10)30-32(7,8)14-12-24-16-26-18-28(24)22(4)20(26)2/h19-28H,11-18H2,1-10H3. The zero-order valence-electron chi connectivity index (χ0n) is 23.7. The first-order valence-corrected chi connectivity index (χ1v) is 23.6. The van der Waals surface area contributed by atoms with Gasteiger partial charge in [-0.3, -0.25) is 0 Å². The molecule has 4 aliphatic rings. The van der Waals surface area contributed by atoms with E-state index in [9.17, 15) is 0 Å². The molecule has 0 amide bonds. The highest BCUT2D eigenvalue weighted by molar-refractivity contribution is 6.87. The summed E-state index contributed by atoms with van der Waals surface area (Å²) in [6.07, 6.45) is 8.84. The number of rotatable bonds is 10. The Bertz CT molecular complexity index is 633. The molecule has 0 spiro atoms. The van der Waals surface area contributed by atoms with Crippen molar-refractivity contribution in [3.8, 4) is 0 Å². The molecule has 0 aromatic heterocycles. The third-order valence-electron chi connectivity index (χ3n) is 11.3. The first-order chi connectivity index (χ1) is 15.2. The van der Waals surface area contributed by atoms with E-state index in [1.54, 1.807) is 0 Å².